The molecule has 0 saturated carbocycles. The number of hydrogen-bond donors (Lipinski definition) is 0. The molecule has 0 saturated heterocycles. The number of unbranched alkanes of at least 4 members (excludes halogenated alkanes) is 1. The Bertz CT molecular complexity index is 876. The number of ketones is 1. The van der Waals surface area contributed by atoms with Crippen molar-refractivity contribution in [3.05, 3.63) is 52.0 Å². The molecule has 2 aromatic carbocycles. The van der Waals surface area contributed by atoms with E-state index >= 15 is 0 Å². The van der Waals surface area contributed by atoms with E-state index in [0.29, 0.717) is 48.5 Å². The van der Waals surface area contributed by atoms with Crippen molar-refractivity contribution in [2.24, 2.45) is 5.92 Å². The van der Waals surface area contributed by atoms with E-state index in [9.17, 15) is 9.59 Å². The molecular weight excluding hydrogens is 404 g/mol. The van der Waals surface area contributed by atoms with Crippen LogP contribution >= 0.6 is 11.6 Å². The lowest BCUT2D eigenvalue weighted by molar-refractivity contribution is -0.120. The van der Waals surface area contributed by atoms with Crippen molar-refractivity contribution in [1.82, 2.24) is 0 Å². The smallest absolute Gasteiger partial charge is 0.298 e. The normalized spacial score (nSPS) is 10.7. The lowest BCUT2D eigenvalue weighted by atomic mass is 9.95. The van der Waals surface area contributed by atoms with Gasteiger partial charge in [-0.2, -0.15) is 0 Å². The Kier molecular flexibility index (Phi) is 9.18. The second kappa shape index (κ2) is 11.6. The van der Waals surface area contributed by atoms with Crippen molar-refractivity contribution in [2.75, 3.05) is 13.2 Å². The highest BCUT2D eigenvalue weighted by molar-refractivity contribution is 6.32. The molecule has 0 aliphatic rings. The fraction of sp³-hybridized carbons (Fsp3) is 0.417. The van der Waals surface area contributed by atoms with Gasteiger partial charge in [-0.25, -0.2) is 0 Å². The Morgan fingerprint density at radius 3 is 2.30 bits per heavy atom. The van der Waals surface area contributed by atoms with Crippen LogP contribution < -0.4 is 14.2 Å². The highest BCUT2D eigenvalue weighted by Gasteiger charge is 2.14. The van der Waals surface area contributed by atoms with Crippen LogP contribution in [0.4, 0.5) is 0 Å². The first-order chi connectivity index (χ1) is 14.3. The zero-order chi connectivity index (χ0) is 22.1. The van der Waals surface area contributed by atoms with Gasteiger partial charge in [0.1, 0.15) is 17.2 Å². The SMILES string of the molecule is Cc1c(OCCCCOc2ccc(OC=O)c(Cl)c2)ccc(C(=O)CC(C)C)c1C. The van der Waals surface area contributed by atoms with Gasteiger partial charge in [0.25, 0.3) is 6.47 Å². The molecule has 30 heavy (non-hydrogen) atoms. The lowest BCUT2D eigenvalue weighted by Gasteiger charge is -2.15. The highest BCUT2D eigenvalue weighted by Crippen LogP contribution is 2.29. The Morgan fingerprint density at radius 2 is 1.67 bits per heavy atom. The van der Waals surface area contributed by atoms with Crippen LogP contribution in [0, 0.1) is 19.8 Å². The van der Waals surface area contributed by atoms with Gasteiger partial charge in [0.05, 0.1) is 18.2 Å². The maximum atomic E-state index is 12.4. The van der Waals surface area contributed by atoms with Crippen LogP contribution in [0.3, 0.4) is 0 Å². The van der Waals surface area contributed by atoms with Crippen LogP contribution in [0.2, 0.25) is 5.02 Å². The van der Waals surface area contributed by atoms with Gasteiger partial charge in [-0.15, -0.1) is 0 Å². The second-order valence-corrected chi connectivity index (χ2v) is 8.00. The summed E-state index contributed by atoms with van der Waals surface area (Å²) in [6.45, 7) is 9.48. The maximum Gasteiger partial charge on any atom is 0.298 e. The first-order valence-corrected chi connectivity index (χ1v) is 10.5. The fourth-order valence-electron chi connectivity index (χ4n) is 3.03. The molecule has 0 aliphatic carbocycles. The zero-order valence-corrected chi connectivity index (χ0v) is 18.8. The van der Waals surface area contributed by atoms with Gasteiger partial charge in [0.2, 0.25) is 0 Å². The Hall–Kier alpha value is -2.53. The van der Waals surface area contributed by atoms with E-state index in [1.54, 1.807) is 18.2 Å². The summed E-state index contributed by atoms with van der Waals surface area (Å²) in [5.41, 5.74) is 2.78. The lowest BCUT2D eigenvalue weighted by Crippen LogP contribution is -2.08. The standard InChI is InChI=1S/C24H29ClO5/c1-16(2)13-22(27)20-8-10-23(18(4)17(20)3)29-12-6-5-11-28-19-7-9-24(30-15-26)21(25)14-19/h7-10,14-16H,5-6,11-13H2,1-4H3. The zero-order valence-electron chi connectivity index (χ0n) is 18.0. The van der Waals surface area contributed by atoms with Gasteiger partial charge < -0.3 is 14.2 Å². The number of carbonyl (C=O) groups excluding carboxylic acids is 2. The first-order valence-electron chi connectivity index (χ1n) is 10.1. The van der Waals surface area contributed by atoms with Gasteiger partial charge in [0, 0.05) is 18.1 Å². The minimum atomic E-state index is 0.181. The van der Waals surface area contributed by atoms with Gasteiger partial charge in [0.15, 0.2) is 5.78 Å². The number of ether oxygens (including phenoxy) is 3. The predicted octanol–water partition coefficient (Wildman–Crippen LogP) is 5.96. The Labute approximate surface area is 183 Å². The van der Waals surface area contributed by atoms with Crippen LogP contribution in [0.5, 0.6) is 17.2 Å². The molecule has 0 aliphatic heterocycles. The minimum absolute atomic E-state index is 0.181. The van der Waals surface area contributed by atoms with Crippen LogP contribution in [-0.4, -0.2) is 25.5 Å². The summed E-state index contributed by atoms with van der Waals surface area (Å²) in [7, 11) is 0. The number of benzene rings is 2. The summed E-state index contributed by atoms with van der Waals surface area (Å²) in [5.74, 6) is 2.25. The molecule has 0 aromatic heterocycles. The van der Waals surface area contributed by atoms with Crippen molar-refractivity contribution in [1.29, 1.82) is 0 Å². The van der Waals surface area contributed by atoms with Crippen LogP contribution in [-0.2, 0) is 4.79 Å². The van der Waals surface area contributed by atoms with Gasteiger partial charge >= 0.3 is 0 Å². The molecule has 0 heterocycles. The third-order valence-corrected chi connectivity index (χ3v) is 5.07. The van der Waals surface area contributed by atoms with E-state index < -0.39 is 0 Å². The van der Waals surface area contributed by atoms with E-state index in [2.05, 4.69) is 0 Å². The number of halogens is 1. The van der Waals surface area contributed by atoms with Crippen molar-refractivity contribution >= 4 is 23.9 Å². The summed E-state index contributed by atoms with van der Waals surface area (Å²) in [6.07, 6.45) is 2.19. The van der Waals surface area contributed by atoms with Crippen molar-refractivity contribution in [3.63, 3.8) is 0 Å². The van der Waals surface area contributed by atoms with Crippen molar-refractivity contribution in [3.8, 4) is 17.2 Å². The van der Waals surface area contributed by atoms with Gasteiger partial charge in [-0.3, -0.25) is 9.59 Å². The molecule has 162 valence electrons. The summed E-state index contributed by atoms with van der Waals surface area (Å²) in [6, 6.07) is 8.67. The van der Waals surface area contributed by atoms with E-state index in [-0.39, 0.29) is 5.78 Å². The number of Topliss-reactive ketones (excluding diaryl/α,β-unsaturated/α-hetero) is 1. The molecular formula is C24H29ClO5. The largest absolute Gasteiger partial charge is 0.494 e. The molecule has 0 spiro atoms. The van der Waals surface area contributed by atoms with E-state index in [1.165, 1.54) is 0 Å². The Balaban J connectivity index is 1.78. The van der Waals surface area contributed by atoms with E-state index in [1.807, 2.05) is 39.8 Å². The maximum absolute atomic E-state index is 12.4. The number of carbonyl (C=O) groups is 2. The van der Waals surface area contributed by atoms with E-state index in [4.69, 9.17) is 25.8 Å². The van der Waals surface area contributed by atoms with Crippen molar-refractivity contribution in [2.45, 2.75) is 47.0 Å². The quantitative estimate of drug-likeness (QED) is 0.235. The topological polar surface area (TPSA) is 61.8 Å². The average molecular weight is 433 g/mol. The summed E-state index contributed by atoms with van der Waals surface area (Å²) >= 11 is 6.02. The molecule has 0 unspecified atom stereocenters. The Morgan fingerprint density at radius 1 is 1.00 bits per heavy atom. The molecule has 0 N–H and O–H groups in total. The first kappa shape index (κ1) is 23.7. The third kappa shape index (κ3) is 6.77. The monoisotopic (exact) mass is 432 g/mol. The summed E-state index contributed by atoms with van der Waals surface area (Å²) in [4.78, 5) is 22.7. The minimum Gasteiger partial charge on any atom is -0.494 e. The molecule has 2 rings (SSSR count). The molecule has 0 bridgehead atoms. The summed E-state index contributed by atoms with van der Waals surface area (Å²) in [5, 5.41) is 0.323. The molecule has 0 atom stereocenters. The van der Waals surface area contributed by atoms with Crippen LogP contribution in [0.15, 0.2) is 30.3 Å². The molecule has 0 fully saturated rings. The van der Waals surface area contributed by atoms with Gasteiger partial charge in [-0.05, 0) is 68.0 Å². The molecule has 6 heteroatoms. The van der Waals surface area contributed by atoms with E-state index in [0.717, 1.165) is 35.3 Å². The van der Waals surface area contributed by atoms with Crippen molar-refractivity contribution < 1.29 is 23.8 Å². The molecule has 0 radical (unpaired) electrons. The van der Waals surface area contributed by atoms with Gasteiger partial charge in [-0.1, -0.05) is 25.4 Å². The second-order valence-electron chi connectivity index (χ2n) is 7.59. The van der Waals surface area contributed by atoms with Crippen LogP contribution in [0.25, 0.3) is 0 Å². The summed E-state index contributed by atoms with van der Waals surface area (Å²) < 4.78 is 16.3. The predicted molar refractivity (Wildman–Crippen MR) is 118 cm³/mol. The highest BCUT2D eigenvalue weighted by atomic mass is 35.5. The average Bonchev–Trinajstić information content (AvgIpc) is 2.69. The fourth-order valence-corrected chi connectivity index (χ4v) is 3.25. The molecule has 5 nitrogen and oxygen atoms in total. The molecule has 2 aromatic rings. The third-order valence-electron chi connectivity index (χ3n) is 4.77. The van der Waals surface area contributed by atoms with Crippen LogP contribution in [0.1, 0.15) is 54.6 Å². The number of hydrogen-bond acceptors (Lipinski definition) is 5. The molecule has 0 amide bonds. The number of rotatable bonds is 12.